The summed E-state index contributed by atoms with van der Waals surface area (Å²) in [5.41, 5.74) is 3.79. The van der Waals surface area contributed by atoms with E-state index in [9.17, 15) is 4.79 Å². The van der Waals surface area contributed by atoms with Crippen LogP contribution in [0.2, 0.25) is 0 Å². The number of aryl methyl sites for hydroxylation is 3. The van der Waals surface area contributed by atoms with Gasteiger partial charge in [-0.15, -0.1) is 0 Å². The average molecular weight is 285 g/mol. The fourth-order valence-corrected chi connectivity index (χ4v) is 1.97. The topological polar surface area (TPSA) is 64.1 Å². The van der Waals surface area contributed by atoms with E-state index >= 15 is 0 Å². The second-order valence-electron chi connectivity index (χ2n) is 5.01. The largest absolute Gasteiger partial charge is 0.483 e. The number of nitrogens with zero attached hydrogens (tertiary/aromatic N) is 2. The number of anilines is 1. The van der Waals surface area contributed by atoms with E-state index in [4.69, 9.17) is 4.74 Å². The van der Waals surface area contributed by atoms with Crippen LogP contribution in [0.5, 0.6) is 5.75 Å². The molecule has 0 aliphatic heterocycles. The van der Waals surface area contributed by atoms with Crippen molar-refractivity contribution in [2.45, 2.75) is 27.7 Å². The van der Waals surface area contributed by atoms with E-state index in [1.165, 1.54) is 0 Å². The van der Waals surface area contributed by atoms with Crippen molar-refractivity contribution in [3.05, 3.63) is 46.8 Å². The minimum Gasteiger partial charge on any atom is -0.483 e. The van der Waals surface area contributed by atoms with Gasteiger partial charge in [0.25, 0.3) is 5.91 Å². The number of amides is 1. The Hall–Kier alpha value is -2.43. The Kier molecular flexibility index (Phi) is 4.52. The van der Waals surface area contributed by atoms with Crippen LogP contribution in [0.3, 0.4) is 0 Å². The van der Waals surface area contributed by atoms with E-state index in [2.05, 4.69) is 15.3 Å². The minimum absolute atomic E-state index is 0.0688. The van der Waals surface area contributed by atoms with Crippen LogP contribution in [0.1, 0.15) is 22.5 Å². The zero-order valence-corrected chi connectivity index (χ0v) is 12.7. The Morgan fingerprint density at radius 2 is 1.81 bits per heavy atom. The van der Waals surface area contributed by atoms with Crippen LogP contribution in [0.4, 0.5) is 5.95 Å². The number of carbonyl (C=O) groups excluding carboxylic acids is 1. The lowest BCUT2D eigenvalue weighted by molar-refractivity contribution is -0.118. The number of benzene rings is 1. The summed E-state index contributed by atoms with van der Waals surface area (Å²) in [5, 5.41) is 2.64. The summed E-state index contributed by atoms with van der Waals surface area (Å²) in [7, 11) is 0. The van der Waals surface area contributed by atoms with Gasteiger partial charge in [-0.2, -0.15) is 0 Å². The third kappa shape index (κ3) is 4.02. The Morgan fingerprint density at radius 3 is 2.48 bits per heavy atom. The van der Waals surface area contributed by atoms with Gasteiger partial charge in [0.2, 0.25) is 5.95 Å². The lowest BCUT2D eigenvalue weighted by Gasteiger charge is -2.10. The molecule has 2 aromatic rings. The molecular weight excluding hydrogens is 266 g/mol. The van der Waals surface area contributed by atoms with Gasteiger partial charge < -0.3 is 4.74 Å². The van der Waals surface area contributed by atoms with Gasteiger partial charge in [-0.05, 0) is 51.0 Å². The van der Waals surface area contributed by atoms with Gasteiger partial charge in [0, 0.05) is 11.4 Å². The maximum Gasteiger partial charge on any atom is 0.264 e. The Bertz CT molecular complexity index is 648. The van der Waals surface area contributed by atoms with Gasteiger partial charge in [0.15, 0.2) is 6.61 Å². The Labute approximate surface area is 124 Å². The first-order valence-electron chi connectivity index (χ1n) is 6.77. The molecule has 0 saturated carbocycles. The second kappa shape index (κ2) is 6.35. The predicted octanol–water partition coefficient (Wildman–Crippen LogP) is 2.73. The molecule has 0 fully saturated rings. The smallest absolute Gasteiger partial charge is 0.264 e. The molecule has 5 nitrogen and oxygen atoms in total. The summed E-state index contributed by atoms with van der Waals surface area (Å²) in [6.45, 7) is 7.62. The molecule has 0 saturated heterocycles. The monoisotopic (exact) mass is 285 g/mol. The highest BCUT2D eigenvalue weighted by atomic mass is 16.5. The molecule has 110 valence electrons. The van der Waals surface area contributed by atoms with Gasteiger partial charge in [0.1, 0.15) is 5.75 Å². The first-order chi connectivity index (χ1) is 9.95. The lowest BCUT2D eigenvalue weighted by atomic mass is 10.1. The van der Waals surface area contributed by atoms with Crippen molar-refractivity contribution in [2.75, 3.05) is 11.9 Å². The molecule has 1 aromatic carbocycles. The van der Waals surface area contributed by atoms with Crippen LogP contribution in [-0.4, -0.2) is 22.5 Å². The third-order valence-corrected chi connectivity index (χ3v) is 3.15. The summed E-state index contributed by atoms with van der Waals surface area (Å²) in [6.07, 6.45) is 0. The summed E-state index contributed by atoms with van der Waals surface area (Å²) >= 11 is 0. The molecule has 0 bridgehead atoms. The van der Waals surface area contributed by atoms with Crippen molar-refractivity contribution in [2.24, 2.45) is 0 Å². The molecule has 1 N–H and O–H groups in total. The second-order valence-corrected chi connectivity index (χ2v) is 5.01. The number of carbonyl (C=O) groups is 1. The van der Waals surface area contributed by atoms with Crippen LogP contribution in [-0.2, 0) is 4.79 Å². The van der Waals surface area contributed by atoms with Gasteiger partial charge in [-0.3, -0.25) is 10.1 Å². The molecule has 1 amide bonds. The third-order valence-electron chi connectivity index (χ3n) is 3.15. The number of rotatable bonds is 4. The number of aromatic nitrogens is 2. The highest BCUT2D eigenvalue weighted by Gasteiger charge is 2.08. The molecule has 1 heterocycles. The van der Waals surface area contributed by atoms with Crippen LogP contribution in [0.15, 0.2) is 24.3 Å². The lowest BCUT2D eigenvalue weighted by Crippen LogP contribution is -2.22. The minimum atomic E-state index is -0.277. The number of ether oxygens (including phenoxy) is 1. The molecule has 21 heavy (non-hydrogen) atoms. The van der Waals surface area contributed by atoms with E-state index in [-0.39, 0.29) is 12.5 Å². The zero-order valence-electron chi connectivity index (χ0n) is 12.7. The number of hydrogen-bond donors (Lipinski definition) is 1. The molecule has 5 heteroatoms. The number of hydrogen-bond acceptors (Lipinski definition) is 4. The fourth-order valence-electron chi connectivity index (χ4n) is 1.97. The summed E-state index contributed by atoms with van der Waals surface area (Å²) < 4.78 is 5.54. The summed E-state index contributed by atoms with van der Waals surface area (Å²) in [6, 6.07) is 7.61. The molecular formula is C16H19N3O2. The van der Waals surface area contributed by atoms with Crippen LogP contribution < -0.4 is 10.1 Å². The standard InChI is InChI=1S/C16H19N3O2/c1-10-6-5-7-14(13(10)4)21-9-15(20)19-16-17-11(2)8-12(3)18-16/h5-8H,9H2,1-4H3,(H,17,18,19,20). The first kappa shape index (κ1) is 15.0. The fraction of sp³-hybridized carbons (Fsp3) is 0.312. The summed E-state index contributed by atoms with van der Waals surface area (Å²) in [5.74, 6) is 0.745. The van der Waals surface area contributed by atoms with Crippen molar-refractivity contribution >= 4 is 11.9 Å². The van der Waals surface area contributed by atoms with Gasteiger partial charge in [-0.1, -0.05) is 12.1 Å². The van der Waals surface area contributed by atoms with E-state index in [1.54, 1.807) is 0 Å². The molecule has 0 spiro atoms. The predicted molar refractivity (Wildman–Crippen MR) is 81.5 cm³/mol. The molecule has 0 atom stereocenters. The van der Waals surface area contributed by atoms with Crippen molar-refractivity contribution in [1.29, 1.82) is 0 Å². The van der Waals surface area contributed by atoms with Crippen molar-refractivity contribution in [3.63, 3.8) is 0 Å². The van der Waals surface area contributed by atoms with Crippen molar-refractivity contribution < 1.29 is 9.53 Å². The van der Waals surface area contributed by atoms with Crippen molar-refractivity contribution in [1.82, 2.24) is 9.97 Å². The zero-order chi connectivity index (χ0) is 15.4. The van der Waals surface area contributed by atoms with E-state index in [0.29, 0.717) is 11.7 Å². The van der Waals surface area contributed by atoms with Gasteiger partial charge >= 0.3 is 0 Å². The van der Waals surface area contributed by atoms with Gasteiger partial charge in [-0.25, -0.2) is 9.97 Å². The maximum atomic E-state index is 11.9. The highest BCUT2D eigenvalue weighted by Crippen LogP contribution is 2.20. The first-order valence-corrected chi connectivity index (χ1v) is 6.77. The molecule has 0 unspecified atom stereocenters. The van der Waals surface area contributed by atoms with Crippen LogP contribution in [0, 0.1) is 27.7 Å². The average Bonchev–Trinajstić information content (AvgIpc) is 2.39. The molecule has 0 radical (unpaired) electrons. The van der Waals surface area contributed by atoms with E-state index < -0.39 is 0 Å². The highest BCUT2D eigenvalue weighted by molar-refractivity contribution is 5.90. The Balaban J connectivity index is 1.97. The normalized spacial score (nSPS) is 10.3. The number of nitrogens with one attached hydrogen (secondary N) is 1. The van der Waals surface area contributed by atoms with E-state index in [1.807, 2.05) is 52.0 Å². The molecule has 0 aliphatic carbocycles. The van der Waals surface area contributed by atoms with Gasteiger partial charge in [0.05, 0.1) is 0 Å². The summed E-state index contributed by atoms with van der Waals surface area (Å²) in [4.78, 5) is 20.2. The maximum absolute atomic E-state index is 11.9. The molecule has 2 rings (SSSR count). The van der Waals surface area contributed by atoms with E-state index in [0.717, 1.165) is 22.5 Å². The molecule has 1 aromatic heterocycles. The van der Waals surface area contributed by atoms with Crippen LogP contribution in [0.25, 0.3) is 0 Å². The SMILES string of the molecule is Cc1cc(C)nc(NC(=O)COc2cccc(C)c2C)n1. The molecule has 0 aliphatic rings. The Morgan fingerprint density at radius 1 is 1.14 bits per heavy atom. The van der Waals surface area contributed by atoms with Crippen molar-refractivity contribution in [3.8, 4) is 5.75 Å². The quantitative estimate of drug-likeness (QED) is 0.938. The van der Waals surface area contributed by atoms with Crippen LogP contribution >= 0.6 is 0 Å².